The van der Waals surface area contributed by atoms with E-state index in [9.17, 15) is 9.59 Å². The fourth-order valence-corrected chi connectivity index (χ4v) is 3.42. The maximum Gasteiger partial charge on any atom is 0.344 e. The van der Waals surface area contributed by atoms with Crippen molar-refractivity contribution in [2.75, 3.05) is 0 Å². The lowest BCUT2D eigenvalue weighted by Gasteiger charge is -2.12. The molecule has 0 aliphatic carbocycles. The first kappa shape index (κ1) is 19.2. The molecule has 1 aliphatic heterocycles. The van der Waals surface area contributed by atoms with Gasteiger partial charge in [-0.05, 0) is 58.9 Å². The Bertz CT molecular complexity index is 958. The monoisotopic (exact) mass is 446 g/mol. The van der Waals surface area contributed by atoms with E-state index in [1.165, 1.54) is 18.7 Å². The van der Waals surface area contributed by atoms with E-state index in [1.54, 1.807) is 30.3 Å². The van der Waals surface area contributed by atoms with Gasteiger partial charge in [0.05, 0.1) is 10.6 Å². The first-order valence-electron chi connectivity index (χ1n) is 7.96. The predicted octanol–water partition coefficient (Wildman–Crippen LogP) is 4.19. The van der Waals surface area contributed by atoms with Crippen LogP contribution in [-0.4, -0.2) is 28.3 Å². The zero-order valence-electron chi connectivity index (χ0n) is 14.2. The highest BCUT2D eigenvalue weighted by Gasteiger charge is 2.25. The van der Waals surface area contributed by atoms with Crippen molar-refractivity contribution in [2.45, 2.75) is 13.0 Å². The summed E-state index contributed by atoms with van der Waals surface area (Å²) in [4.78, 5) is 28.2. The van der Waals surface area contributed by atoms with Crippen molar-refractivity contribution in [1.29, 1.82) is 0 Å². The lowest BCUT2D eigenvalue weighted by molar-refractivity contribution is -0.144. The van der Waals surface area contributed by atoms with E-state index < -0.39 is 12.1 Å². The van der Waals surface area contributed by atoms with Crippen LogP contribution in [0.3, 0.4) is 0 Å². The molecule has 0 saturated carbocycles. The summed E-state index contributed by atoms with van der Waals surface area (Å²) in [5, 5.41) is 12.2. The standard InChI is InChI=1S/C19H15BrN2O4S/c1-11(18(24)25)26-15-9-5-2-6-12(15)10-16-17(23)22-19(27-16)21-14-8-4-3-7-13(14)20/h2-11H,1H3,(H,24,25)(H,21,22,23)/b16-10+. The fourth-order valence-electron chi connectivity index (χ4n) is 2.22. The predicted molar refractivity (Wildman–Crippen MR) is 109 cm³/mol. The molecule has 27 heavy (non-hydrogen) atoms. The van der Waals surface area contributed by atoms with Crippen LogP contribution in [0.25, 0.3) is 6.08 Å². The zero-order chi connectivity index (χ0) is 19.4. The van der Waals surface area contributed by atoms with Gasteiger partial charge in [0, 0.05) is 10.0 Å². The van der Waals surface area contributed by atoms with Crippen LogP contribution < -0.4 is 10.1 Å². The maximum atomic E-state index is 12.3. The summed E-state index contributed by atoms with van der Waals surface area (Å²) >= 11 is 4.63. The van der Waals surface area contributed by atoms with Gasteiger partial charge < -0.3 is 15.2 Å². The summed E-state index contributed by atoms with van der Waals surface area (Å²) in [6, 6.07) is 14.4. The number of carboxylic acids is 1. The van der Waals surface area contributed by atoms with Crippen LogP contribution >= 0.6 is 27.7 Å². The Labute approximate surface area is 168 Å². The van der Waals surface area contributed by atoms with Crippen molar-refractivity contribution in [3.8, 4) is 5.75 Å². The number of halogens is 1. The Balaban J connectivity index is 1.85. The van der Waals surface area contributed by atoms with E-state index in [1.807, 2.05) is 24.3 Å². The molecule has 1 heterocycles. The van der Waals surface area contributed by atoms with Crippen LogP contribution in [0.4, 0.5) is 5.69 Å². The van der Waals surface area contributed by atoms with Gasteiger partial charge in [-0.25, -0.2) is 9.79 Å². The van der Waals surface area contributed by atoms with Crippen LogP contribution in [0, 0.1) is 0 Å². The van der Waals surface area contributed by atoms with Gasteiger partial charge in [-0.3, -0.25) is 4.79 Å². The van der Waals surface area contributed by atoms with Crippen LogP contribution in [0.15, 0.2) is 62.9 Å². The molecular weight excluding hydrogens is 432 g/mol. The minimum atomic E-state index is -1.06. The van der Waals surface area contributed by atoms with Crippen molar-refractivity contribution in [3.05, 3.63) is 63.5 Å². The number of amidine groups is 1. The number of benzene rings is 2. The van der Waals surface area contributed by atoms with Crippen molar-refractivity contribution in [1.82, 2.24) is 5.32 Å². The Hall–Kier alpha value is -2.58. The highest BCUT2D eigenvalue weighted by molar-refractivity contribution is 9.10. The van der Waals surface area contributed by atoms with Crippen molar-refractivity contribution in [3.63, 3.8) is 0 Å². The minimum Gasteiger partial charge on any atom is -0.479 e. The normalized spacial score (nSPS) is 17.8. The van der Waals surface area contributed by atoms with Gasteiger partial charge in [-0.2, -0.15) is 0 Å². The van der Waals surface area contributed by atoms with Gasteiger partial charge in [0.15, 0.2) is 11.3 Å². The molecule has 1 atom stereocenters. The van der Waals surface area contributed by atoms with Crippen LogP contribution in [0.2, 0.25) is 0 Å². The number of nitrogens with zero attached hydrogens (tertiary/aromatic N) is 1. The second-order valence-corrected chi connectivity index (χ2v) is 7.45. The second kappa shape index (κ2) is 8.41. The molecule has 1 fully saturated rings. The molecule has 0 radical (unpaired) electrons. The first-order valence-corrected chi connectivity index (χ1v) is 9.57. The first-order chi connectivity index (χ1) is 12.9. The number of ether oxygens (including phenoxy) is 1. The Morgan fingerprint density at radius 3 is 2.70 bits per heavy atom. The highest BCUT2D eigenvalue weighted by Crippen LogP contribution is 2.32. The molecule has 0 bridgehead atoms. The van der Waals surface area contributed by atoms with E-state index in [0.29, 0.717) is 27.1 Å². The van der Waals surface area contributed by atoms with Crippen LogP contribution in [0.1, 0.15) is 12.5 Å². The van der Waals surface area contributed by atoms with E-state index in [0.717, 1.165) is 4.47 Å². The number of hydrogen-bond donors (Lipinski definition) is 2. The molecule has 138 valence electrons. The van der Waals surface area contributed by atoms with Gasteiger partial charge in [0.1, 0.15) is 5.75 Å². The number of aliphatic carboxylic acids is 1. The molecule has 2 N–H and O–H groups in total. The van der Waals surface area contributed by atoms with Gasteiger partial charge in [-0.15, -0.1) is 0 Å². The average Bonchev–Trinajstić information content (AvgIpc) is 2.97. The molecule has 3 rings (SSSR count). The third-order valence-electron chi connectivity index (χ3n) is 3.58. The Kier molecular flexibility index (Phi) is 5.98. The van der Waals surface area contributed by atoms with Gasteiger partial charge in [-0.1, -0.05) is 30.3 Å². The summed E-state index contributed by atoms with van der Waals surface area (Å²) in [6.07, 6.45) is 0.661. The smallest absolute Gasteiger partial charge is 0.344 e. The van der Waals surface area contributed by atoms with E-state index in [-0.39, 0.29) is 5.91 Å². The fraction of sp³-hybridized carbons (Fsp3) is 0.105. The molecule has 2 aromatic rings. The van der Waals surface area contributed by atoms with Crippen LogP contribution in [-0.2, 0) is 9.59 Å². The second-order valence-electron chi connectivity index (χ2n) is 5.57. The molecule has 1 amide bonds. The number of amides is 1. The third-order valence-corrected chi connectivity index (χ3v) is 5.16. The SMILES string of the molecule is CC(Oc1ccccc1/C=C1/SC(=Nc2ccccc2Br)NC1=O)C(=O)O. The number of carbonyl (C=O) groups is 2. The number of nitrogens with one attached hydrogen (secondary N) is 1. The number of para-hydroxylation sites is 2. The van der Waals surface area contributed by atoms with Crippen molar-refractivity contribution >= 4 is 56.5 Å². The third kappa shape index (κ3) is 4.78. The molecule has 1 saturated heterocycles. The molecule has 1 unspecified atom stereocenters. The van der Waals surface area contributed by atoms with Gasteiger partial charge in [0.25, 0.3) is 5.91 Å². The van der Waals surface area contributed by atoms with Gasteiger partial charge >= 0.3 is 5.97 Å². The summed E-state index contributed by atoms with van der Waals surface area (Å²) in [6.45, 7) is 1.45. The number of thioether (sulfide) groups is 1. The lowest BCUT2D eigenvalue weighted by atomic mass is 10.2. The molecule has 0 aromatic heterocycles. The zero-order valence-corrected chi connectivity index (χ0v) is 16.6. The Morgan fingerprint density at radius 2 is 1.96 bits per heavy atom. The molecular formula is C19H15BrN2O4S. The largest absolute Gasteiger partial charge is 0.479 e. The summed E-state index contributed by atoms with van der Waals surface area (Å²) < 4.78 is 6.29. The lowest BCUT2D eigenvalue weighted by Crippen LogP contribution is -2.23. The average molecular weight is 447 g/mol. The van der Waals surface area contributed by atoms with Crippen molar-refractivity contribution in [2.24, 2.45) is 4.99 Å². The number of aliphatic imine (C=N–C) groups is 1. The van der Waals surface area contributed by atoms with Gasteiger partial charge in [0.2, 0.25) is 0 Å². The molecule has 1 aliphatic rings. The Morgan fingerprint density at radius 1 is 1.26 bits per heavy atom. The number of carboxylic acid groups (broad SMARTS) is 1. The maximum absolute atomic E-state index is 12.3. The molecule has 0 spiro atoms. The molecule has 2 aromatic carbocycles. The summed E-state index contributed by atoms with van der Waals surface area (Å²) in [7, 11) is 0. The van der Waals surface area contributed by atoms with E-state index in [4.69, 9.17) is 9.84 Å². The number of hydrogen-bond acceptors (Lipinski definition) is 5. The van der Waals surface area contributed by atoms with E-state index in [2.05, 4.69) is 26.2 Å². The van der Waals surface area contributed by atoms with Crippen molar-refractivity contribution < 1.29 is 19.4 Å². The number of carbonyl (C=O) groups excluding carboxylic acids is 1. The quantitative estimate of drug-likeness (QED) is 0.672. The van der Waals surface area contributed by atoms with E-state index >= 15 is 0 Å². The minimum absolute atomic E-state index is 0.271. The summed E-state index contributed by atoms with van der Waals surface area (Å²) in [5.41, 5.74) is 1.32. The highest BCUT2D eigenvalue weighted by atomic mass is 79.9. The number of rotatable bonds is 5. The molecule has 8 heteroatoms. The topological polar surface area (TPSA) is 88.0 Å². The summed E-state index contributed by atoms with van der Waals surface area (Å²) in [5.74, 6) is -0.940. The van der Waals surface area contributed by atoms with Crippen LogP contribution in [0.5, 0.6) is 5.75 Å². The molecule has 6 nitrogen and oxygen atoms in total.